The summed E-state index contributed by atoms with van der Waals surface area (Å²) in [5.41, 5.74) is 2.50. The molecule has 0 aliphatic carbocycles. The molecule has 0 fully saturated rings. The van der Waals surface area contributed by atoms with Crippen molar-refractivity contribution in [2.45, 2.75) is 19.1 Å². The molecule has 0 bridgehead atoms. The standard InChI is InChI=1S/C11H15ClSi/c1-4-10-5-7-11(8-6-10)9-13(2,3)12/h4-8H,1,9H2,2-3H3. The van der Waals surface area contributed by atoms with Crippen LogP contribution in [0.1, 0.15) is 11.1 Å². The van der Waals surface area contributed by atoms with Gasteiger partial charge in [-0.3, -0.25) is 0 Å². The van der Waals surface area contributed by atoms with Crippen LogP contribution in [0, 0.1) is 0 Å². The van der Waals surface area contributed by atoms with E-state index >= 15 is 0 Å². The first-order chi connectivity index (χ1) is 6.01. The molecule has 0 radical (unpaired) electrons. The maximum atomic E-state index is 6.26. The summed E-state index contributed by atoms with van der Waals surface area (Å²) in [6.45, 7) is 8.04. The Balaban J connectivity index is 2.75. The topological polar surface area (TPSA) is 0 Å². The van der Waals surface area contributed by atoms with Gasteiger partial charge in [-0.15, -0.1) is 0 Å². The molecule has 0 amide bonds. The minimum atomic E-state index is -1.48. The summed E-state index contributed by atoms with van der Waals surface area (Å²) >= 11 is 6.26. The van der Waals surface area contributed by atoms with E-state index in [0.717, 1.165) is 11.6 Å². The third-order valence-electron chi connectivity index (χ3n) is 1.84. The van der Waals surface area contributed by atoms with Crippen molar-refractivity contribution in [1.82, 2.24) is 0 Å². The summed E-state index contributed by atoms with van der Waals surface area (Å²) in [5.74, 6) is 0. The first-order valence-corrected chi connectivity index (χ1v) is 8.63. The lowest BCUT2D eigenvalue weighted by Crippen LogP contribution is -2.20. The Kier molecular flexibility index (Phi) is 3.34. The van der Waals surface area contributed by atoms with Gasteiger partial charge in [0.25, 0.3) is 0 Å². The van der Waals surface area contributed by atoms with E-state index in [1.165, 1.54) is 5.56 Å². The van der Waals surface area contributed by atoms with Gasteiger partial charge in [-0.1, -0.05) is 50.0 Å². The van der Waals surface area contributed by atoms with Gasteiger partial charge in [0.15, 0.2) is 7.38 Å². The Hall–Kier alpha value is -0.533. The predicted molar refractivity (Wildman–Crippen MR) is 63.6 cm³/mol. The summed E-state index contributed by atoms with van der Waals surface area (Å²) in [5, 5.41) is 0. The van der Waals surface area contributed by atoms with Crippen LogP contribution in [0.5, 0.6) is 0 Å². The molecule has 0 unspecified atom stereocenters. The minimum absolute atomic E-state index is 1.03. The van der Waals surface area contributed by atoms with Gasteiger partial charge in [0.05, 0.1) is 0 Å². The molecule has 70 valence electrons. The highest BCUT2D eigenvalue weighted by Gasteiger charge is 2.16. The SMILES string of the molecule is C=Cc1ccc(C[Si](C)(C)Cl)cc1. The molecule has 0 spiro atoms. The van der Waals surface area contributed by atoms with Crippen LogP contribution in [0.3, 0.4) is 0 Å². The summed E-state index contributed by atoms with van der Waals surface area (Å²) in [7, 11) is -1.48. The highest BCUT2D eigenvalue weighted by Crippen LogP contribution is 2.16. The lowest BCUT2D eigenvalue weighted by Gasteiger charge is -2.12. The maximum absolute atomic E-state index is 6.26. The largest absolute Gasteiger partial charge is 0.167 e. The summed E-state index contributed by atoms with van der Waals surface area (Å²) in [4.78, 5) is 0. The number of hydrogen-bond acceptors (Lipinski definition) is 0. The van der Waals surface area contributed by atoms with Crippen LogP contribution in [0.2, 0.25) is 13.1 Å². The van der Waals surface area contributed by atoms with E-state index in [2.05, 4.69) is 43.9 Å². The van der Waals surface area contributed by atoms with Gasteiger partial charge in [-0.05, 0) is 17.2 Å². The van der Waals surface area contributed by atoms with Gasteiger partial charge in [-0.2, -0.15) is 11.1 Å². The smallest absolute Gasteiger partial charge is 0.154 e. The zero-order valence-electron chi connectivity index (χ0n) is 8.18. The molecule has 0 saturated carbocycles. The molecule has 0 saturated heterocycles. The molecule has 0 N–H and O–H groups in total. The third-order valence-corrected chi connectivity index (χ3v) is 3.49. The molecule has 1 aromatic carbocycles. The second kappa shape index (κ2) is 4.12. The van der Waals surface area contributed by atoms with Gasteiger partial charge in [0.2, 0.25) is 0 Å². The van der Waals surface area contributed by atoms with E-state index in [1.54, 1.807) is 0 Å². The lowest BCUT2D eigenvalue weighted by molar-refractivity contribution is 1.34. The van der Waals surface area contributed by atoms with Crippen molar-refractivity contribution in [3.05, 3.63) is 42.0 Å². The second-order valence-corrected chi connectivity index (χ2v) is 10.7. The van der Waals surface area contributed by atoms with Crippen molar-refractivity contribution in [2.75, 3.05) is 0 Å². The van der Waals surface area contributed by atoms with Crippen LogP contribution in [-0.4, -0.2) is 7.38 Å². The van der Waals surface area contributed by atoms with Gasteiger partial charge in [0.1, 0.15) is 0 Å². The first kappa shape index (κ1) is 10.5. The highest BCUT2D eigenvalue weighted by molar-refractivity contribution is 7.18. The van der Waals surface area contributed by atoms with Crippen LogP contribution >= 0.6 is 11.1 Å². The molecule has 0 aliphatic rings. The monoisotopic (exact) mass is 210 g/mol. The minimum Gasteiger partial charge on any atom is -0.167 e. The molecule has 0 aliphatic heterocycles. The average Bonchev–Trinajstić information content (AvgIpc) is 2.03. The Morgan fingerprint density at radius 1 is 1.31 bits per heavy atom. The fourth-order valence-corrected chi connectivity index (χ4v) is 2.93. The van der Waals surface area contributed by atoms with Crippen molar-refractivity contribution in [3.8, 4) is 0 Å². The second-order valence-electron chi connectivity index (χ2n) is 3.84. The molecule has 2 heteroatoms. The third kappa shape index (κ3) is 3.79. The summed E-state index contributed by atoms with van der Waals surface area (Å²) in [6.07, 6.45) is 1.85. The highest BCUT2D eigenvalue weighted by atomic mass is 35.6. The van der Waals surface area contributed by atoms with Crippen LogP contribution in [-0.2, 0) is 6.04 Å². The van der Waals surface area contributed by atoms with E-state index in [9.17, 15) is 0 Å². The Bertz CT molecular complexity index is 282. The van der Waals surface area contributed by atoms with Gasteiger partial charge in [0, 0.05) is 0 Å². The van der Waals surface area contributed by atoms with Crippen molar-refractivity contribution in [1.29, 1.82) is 0 Å². The zero-order chi connectivity index (χ0) is 9.90. The van der Waals surface area contributed by atoms with E-state index < -0.39 is 7.38 Å². The molecular weight excluding hydrogens is 196 g/mol. The Labute approximate surface area is 86.0 Å². The summed E-state index contributed by atoms with van der Waals surface area (Å²) in [6, 6.07) is 9.47. The first-order valence-electron chi connectivity index (χ1n) is 4.41. The molecule has 0 aromatic heterocycles. The normalized spacial score (nSPS) is 11.3. The van der Waals surface area contributed by atoms with E-state index in [4.69, 9.17) is 11.1 Å². The molecule has 13 heavy (non-hydrogen) atoms. The van der Waals surface area contributed by atoms with Crippen molar-refractivity contribution < 1.29 is 0 Å². The number of halogens is 1. The van der Waals surface area contributed by atoms with Crippen molar-refractivity contribution >= 4 is 24.5 Å². The van der Waals surface area contributed by atoms with Crippen LogP contribution in [0.15, 0.2) is 30.8 Å². The van der Waals surface area contributed by atoms with Crippen molar-refractivity contribution in [3.63, 3.8) is 0 Å². The summed E-state index contributed by atoms with van der Waals surface area (Å²) < 4.78 is 0. The van der Waals surface area contributed by atoms with Crippen LogP contribution in [0.25, 0.3) is 6.08 Å². The zero-order valence-corrected chi connectivity index (χ0v) is 9.93. The Morgan fingerprint density at radius 2 is 1.85 bits per heavy atom. The average molecular weight is 211 g/mol. The van der Waals surface area contributed by atoms with E-state index in [0.29, 0.717) is 0 Å². The molecule has 1 rings (SSSR count). The number of benzene rings is 1. The maximum Gasteiger partial charge on any atom is 0.154 e. The van der Waals surface area contributed by atoms with Crippen LogP contribution in [0.4, 0.5) is 0 Å². The van der Waals surface area contributed by atoms with Gasteiger partial charge >= 0.3 is 0 Å². The predicted octanol–water partition coefficient (Wildman–Crippen LogP) is 3.86. The Morgan fingerprint density at radius 3 is 2.23 bits per heavy atom. The quantitative estimate of drug-likeness (QED) is 0.525. The fraction of sp³-hybridized carbons (Fsp3) is 0.273. The van der Waals surface area contributed by atoms with E-state index in [-0.39, 0.29) is 0 Å². The lowest BCUT2D eigenvalue weighted by atomic mass is 10.1. The van der Waals surface area contributed by atoms with E-state index in [1.807, 2.05) is 6.08 Å². The molecule has 0 heterocycles. The number of rotatable bonds is 3. The molecule has 1 aromatic rings. The molecule has 0 atom stereocenters. The van der Waals surface area contributed by atoms with Gasteiger partial charge < -0.3 is 0 Å². The van der Waals surface area contributed by atoms with Crippen molar-refractivity contribution in [2.24, 2.45) is 0 Å². The molecular formula is C11H15ClSi. The number of hydrogen-bond donors (Lipinski definition) is 0. The molecule has 0 nitrogen and oxygen atoms in total. The van der Waals surface area contributed by atoms with Gasteiger partial charge in [-0.25, -0.2) is 0 Å². The fourth-order valence-electron chi connectivity index (χ4n) is 1.26. The van der Waals surface area contributed by atoms with Crippen LogP contribution < -0.4 is 0 Å².